The van der Waals surface area contributed by atoms with E-state index in [2.05, 4.69) is 4.98 Å². The number of Topliss-reactive ketones (excluding diaryl/α,β-unsaturated/α-hetero) is 1. The van der Waals surface area contributed by atoms with Crippen LogP contribution in [0.2, 0.25) is 10.0 Å². The van der Waals surface area contributed by atoms with Crippen LogP contribution < -0.4 is 0 Å². The highest BCUT2D eigenvalue weighted by atomic mass is 35.5. The van der Waals surface area contributed by atoms with Gasteiger partial charge in [-0.3, -0.25) is 19.9 Å². The van der Waals surface area contributed by atoms with Crippen LogP contribution in [0.15, 0.2) is 36.7 Å². The second-order valence-electron chi connectivity index (χ2n) is 3.96. The van der Waals surface area contributed by atoms with Crippen molar-refractivity contribution in [3.8, 4) is 0 Å². The zero-order chi connectivity index (χ0) is 14.7. The Bertz CT molecular complexity index is 689. The molecule has 0 spiro atoms. The summed E-state index contributed by atoms with van der Waals surface area (Å²) < 4.78 is 0. The van der Waals surface area contributed by atoms with Crippen LogP contribution in [0, 0.1) is 10.1 Å². The lowest BCUT2D eigenvalue weighted by Crippen LogP contribution is -2.08. The molecular formula is C13H8Cl2N2O3. The van der Waals surface area contributed by atoms with Crippen molar-refractivity contribution in [2.75, 3.05) is 0 Å². The molecule has 2 aromatic rings. The second-order valence-corrected chi connectivity index (χ2v) is 4.77. The van der Waals surface area contributed by atoms with Gasteiger partial charge in [0.1, 0.15) is 5.56 Å². The molecule has 0 atom stereocenters. The Balaban J connectivity index is 2.40. The van der Waals surface area contributed by atoms with Gasteiger partial charge in [-0.15, -0.1) is 0 Å². The van der Waals surface area contributed by atoms with E-state index in [1.165, 1.54) is 30.6 Å². The molecule has 0 amide bonds. The molecule has 1 aromatic heterocycles. The summed E-state index contributed by atoms with van der Waals surface area (Å²) in [4.78, 5) is 26.4. The molecule has 20 heavy (non-hydrogen) atoms. The van der Waals surface area contributed by atoms with Crippen LogP contribution in [0.4, 0.5) is 5.69 Å². The average Bonchev–Trinajstić information content (AvgIpc) is 2.40. The van der Waals surface area contributed by atoms with Crippen LogP contribution in [-0.4, -0.2) is 15.7 Å². The zero-order valence-electron chi connectivity index (χ0n) is 10.0. The molecule has 1 heterocycles. The van der Waals surface area contributed by atoms with Crippen molar-refractivity contribution >= 4 is 34.7 Å². The number of halogens is 2. The van der Waals surface area contributed by atoms with Crippen LogP contribution in [0.5, 0.6) is 0 Å². The largest absolute Gasteiger partial charge is 0.293 e. The van der Waals surface area contributed by atoms with Crippen molar-refractivity contribution in [3.05, 3.63) is 67.9 Å². The number of rotatable bonds is 4. The number of benzene rings is 1. The number of nitrogens with zero attached hydrogens (tertiary/aromatic N) is 2. The molecule has 2 rings (SSSR count). The maximum absolute atomic E-state index is 12.2. The first-order valence-electron chi connectivity index (χ1n) is 5.55. The molecule has 5 nitrogen and oxygen atoms in total. The monoisotopic (exact) mass is 310 g/mol. The molecular weight excluding hydrogens is 303 g/mol. The van der Waals surface area contributed by atoms with Crippen molar-refractivity contribution in [2.45, 2.75) is 6.42 Å². The number of carbonyl (C=O) groups excluding carboxylic acids is 1. The minimum Gasteiger partial charge on any atom is -0.293 e. The third-order valence-corrected chi connectivity index (χ3v) is 3.33. The van der Waals surface area contributed by atoms with Gasteiger partial charge in [-0.05, 0) is 17.7 Å². The van der Waals surface area contributed by atoms with Gasteiger partial charge in [-0.25, -0.2) is 0 Å². The van der Waals surface area contributed by atoms with Gasteiger partial charge in [0.05, 0.1) is 15.0 Å². The Morgan fingerprint density at radius 2 is 2.00 bits per heavy atom. The number of nitro benzene ring substituents is 1. The highest BCUT2D eigenvalue weighted by Gasteiger charge is 2.23. The van der Waals surface area contributed by atoms with E-state index in [0.29, 0.717) is 10.6 Å². The maximum Gasteiger partial charge on any atom is 0.281 e. The molecule has 0 saturated heterocycles. The number of ketones is 1. The van der Waals surface area contributed by atoms with Crippen LogP contribution in [-0.2, 0) is 6.42 Å². The fourth-order valence-electron chi connectivity index (χ4n) is 1.75. The third-order valence-electron chi connectivity index (χ3n) is 2.67. The van der Waals surface area contributed by atoms with E-state index >= 15 is 0 Å². The molecule has 102 valence electrons. The summed E-state index contributed by atoms with van der Waals surface area (Å²) in [5.41, 5.74) is 0.126. The fraction of sp³-hybridized carbons (Fsp3) is 0.0769. The van der Waals surface area contributed by atoms with E-state index in [0.717, 1.165) is 0 Å². The van der Waals surface area contributed by atoms with Gasteiger partial charge >= 0.3 is 0 Å². The van der Waals surface area contributed by atoms with Gasteiger partial charge in [0.25, 0.3) is 5.69 Å². The Labute approximate surface area is 124 Å². The quantitative estimate of drug-likeness (QED) is 0.490. The standard InChI is InChI=1S/C13H8Cl2N2O3/c14-9-2-1-3-11(17(19)20)13(9)12(18)6-8-4-5-16-7-10(8)15/h1-5,7H,6H2. The van der Waals surface area contributed by atoms with Gasteiger partial charge in [0.2, 0.25) is 0 Å². The third kappa shape index (κ3) is 2.95. The molecule has 0 aliphatic rings. The van der Waals surface area contributed by atoms with Gasteiger partial charge in [-0.2, -0.15) is 0 Å². The lowest BCUT2D eigenvalue weighted by molar-refractivity contribution is -0.385. The first-order valence-corrected chi connectivity index (χ1v) is 6.30. The fourth-order valence-corrected chi connectivity index (χ4v) is 2.21. The molecule has 0 aliphatic heterocycles. The smallest absolute Gasteiger partial charge is 0.281 e. The number of aromatic nitrogens is 1. The number of nitro groups is 1. The number of hydrogen-bond donors (Lipinski definition) is 0. The topological polar surface area (TPSA) is 73.1 Å². The maximum atomic E-state index is 12.2. The van der Waals surface area contributed by atoms with Gasteiger partial charge in [0, 0.05) is 24.9 Å². The summed E-state index contributed by atoms with van der Waals surface area (Å²) in [6.07, 6.45) is 2.83. The lowest BCUT2D eigenvalue weighted by Gasteiger charge is -2.06. The Morgan fingerprint density at radius 3 is 2.65 bits per heavy atom. The summed E-state index contributed by atoms with van der Waals surface area (Å²) in [7, 11) is 0. The zero-order valence-corrected chi connectivity index (χ0v) is 11.6. The molecule has 0 radical (unpaired) electrons. The molecule has 0 bridgehead atoms. The number of pyridine rings is 1. The Hall–Kier alpha value is -1.98. The molecule has 0 aliphatic carbocycles. The SMILES string of the molecule is O=C(Cc1ccncc1Cl)c1c(Cl)cccc1[N+](=O)[O-]. The van der Waals surface area contributed by atoms with Gasteiger partial charge in [-0.1, -0.05) is 29.3 Å². The van der Waals surface area contributed by atoms with Crippen LogP contribution in [0.3, 0.4) is 0 Å². The van der Waals surface area contributed by atoms with Crippen LogP contribution in [0.25, 0.3) is 0 Å². The van der Waals surface area contributed by atoms with Crippen LogP contribution >= 0.6 is 23.2 Å². The first-order chi connectivity index (χ1) is 9.50. The van der Waals surface area contributed by atoms with Crippen molar-refractivity contribution in [1.29, 1.82) is 0 Å². The van der Waals surface area contributed by atoms with E-state index in [4.69, 9.17) is 23.2 Å². The molecule has 0 saturated carbocycles. The molecule has 1 aromatic carbocycles. The Morgan fingerprint density at radius 1 is 1.25 bits per heavy atom. The van der Waals surface area contributed by atoms with E-state index in [9.17, 15) is 14.9 Å². The van der Waals surface area contributed by atoms with E-state index in [-0.39, 0.29) is 22.7 Å². The summed E-state index contributed by atoms with van der Waals surface area (Å²) >= 11 is 11.8. The summed E-state index contributed by atoms with van der Waals surface area (Å²) in [6, 6.07) is 5.70. The normalized spacial score (nSPS) is 10.3. The minimum absolute atomic E-state index is 0.0504. The van der Waals surface area contributed by atoms with Crippen molar-refractivity contribution < 1.29 is 9.72 Å². The predicted octanol–water partition coefficient (Wildman–Crippen LogP) is 3.72. The van der Waals surface area contributed by atoms with Gasteiger partial charge < -0.3 is 0 Å². The van der Waals surface area contributed by atoms with Crippen molar-refractivity contribution in [1.82, 2.24) is 4.98 Å². The predicted molar refractivity (Wildman–Crippen MR) is 75.4 cm³/mol. The first kappa shape index (κ1) is 14.4. The van der Waals surface area contributed by atoms with Gasteiger partial charge in [0.15, 0.2) is 5.78 Å². The summed E-state index contributed by atoms with van der Waals surface area (Å²) in [5.74, 6) is -0.463. The molecule has 7 heteroatoms. The Kier molecular flexibility index (Phi) is 4.32. The minimum atomic E-state index is -0.632. The molecule has 0 fully saturated rings. The highest BCUT2D eigenvalue weighted by molar-refractivity contribution is 6.35. The lowest BCUT2D eigenvalue weighted by atomic mass is 10.0. The van der Waals surface area contributed by atoms with E-state index in [1.807, 2.05) is 0 Å². The second kappa shape index (κ2) is 5.98. The molecule has 0 N–H and O–H groups in total. The van der Waals surface area contributed by atoms with E-state index < -0.39 is 10.7 Å². The summed E-state index contributed by atoms with van der Waals surface area (Å²) in [5, 5.41) is 11.3. The highest BCUT2D eigenvalue weighted by Crippen LogP contribution is 2.28. The number of hydrogen-bond acceptors (Lipinski definition) is 4. The van der Waals surface area contributed by atoms with Crippen LogP contribution in [0.1, 0.15) is 15.9 Å². The molecule has 0 unspecified atom stereocenters. The average molecular weight is 311 g/mol. The van der Waals surface area contributed by atoms with Crippen molar-refractivity contribution in [2.24, 2.45) is 0 Å². The van der Waals surface area contributed by atoms with E-state index in [1.54, 1.807) is 6.07 Å². The van der Waals surface area contributed by atoms with Crippen molar-refractivity contribution in [3.63, 3.8) is 0 Å². The number of carbonyl (C=O) groups is 1. The summed E-state index contributed by atoms with van der Waals surface area (Å²) in [6.45, 7) is 0.